The fraction of sp³-hybridized carbons (Fsp3) is 0.533. The topological polar surface area (TPSA) is 82.3 Å². The highest BCUT2D eigenvalue weighted by molar-refractivity contribution is 7.89. The number of likely N-dealkylation sites (N-methyl/N-ethyl adjacent to an activating group) is 1. The van der Waals surface area contributed by atoms with Gasteiger partial charge in [0.2, 0.25) is 10.0 Å². The molecule has 136 valence electrons. The normalized spacial score (nSPS) is 14.9. The Morgan fingerprint density at radius 1 is 1.17 bits per heavy atom. The first-order valence-electron chi connectivity index (χ1n) is 7.83. The number of anilines is 1. The average molecular weight is 393 g/mol. The van der Waals surface area contributed by atoms with Crippen LogP contribution in [0.5, 0.6) is 0 Å². The highest BCUT2D eigenvalue weighted by Crippen LogP contribution is 2.18. The average Bonchev–Trinajstić information content (AvgIpc) is 3.00. The molecule has 0 aliphatic heterocycles. The first-order valence-corrected chi connectivity index (χ1v) is 9.72. The molecule has 0 radical (unpaired) electrons. The molecule has 0 aromatic heterocycles. The van der Waals surface area contributed by atoms with E-state index in [0.29, 0.717) is 24.2 Å². The highest BCUT2D eigenvalue weighted by atomic mass is 35.5. The van der Waals surface area contributed by atoms with Crippen molar-refractivity contribution in [1.29, 1.82) is 0 Å². The van der Waals surface area contributed by atoms with Gasteiger partial charge in [-0.05, 0) is 56.4 Å². The second-order valence-corrected chi connectivity index (χ2v) is 7.78. The number of thiocarbonyl (C=S) groups is 1. The molecule has 6 nitrogen and oxygen atoms in total. The van der Waals surface area contributed by atoms with Crippen LogP contribution in [-0.2, 0) is 10.0 Å². The standard InChI is InChI=1S/C15H24N4O2S2.ClH/c1-16-10-11-17-23(20,21)14-8-6-13(7-9-14)19-15(22)18-12-4-2-3-5-12;/h6-9,12,16-17H,2-5,10-11H2,1H3,(H2,18,19,22);1H. The molecule has 1 aromatic carbocycles. The zero-order chi connectivity index (χ0) is 16.7. The highest BCUT2D eigenvalue weighted by Gasteiger charge is 2.16. The smallest absolute Gasteiger partial charge is 0.240 e. The van der Waals surface area contributed by atoms with Gasteiger partial charge in [0.25, 0.3) is 0 Å². The van der Waals surface area contributed by atoms with E-state index in [4.69, 9.17) is 12.2 Å². The monoisotopic (exact) mass is 392 g/mol. The van der Waals surface area contributed by atoms with Crippen molar-refractivity contribution in [1.82, 2.24) is 15.4 Å². The Kier molecular flexibility index (Phi) is 8.93. The quantitative estimate of drug-likeness (QED) is 0.418. The second-order valence-electron chi connectivity index (χ2n) is 5.61. The maximum Gasteiger partial charge on any atom is 0.240 e. The Morgan fingerprint density at radius 3 is 2.38 bits per heavy atom. The number of hydrogen-bond acceptors (Lipinski definition) is 4. The molecule has 0 unspecified atom stereocenters. The predicted molar refractivity (Wildman–Crippen MR) is 104 cm³/mol. The third-order valence-corrected chi connectivity index (χ3v) is 5.48. The van der Waals surface area contributed by atoms with E-state index in [2.05, 4.69) is 20.7 Å². The summed E-state index contributed by atoms with van der Waals surface area (Å²) in [6.45, 7) is 0.939. The zero-order valence-corrected chi connectivity index (χ0v) is 16.1. The van der Waals surface area contributed by atoms with Gasteiger partial charge < -0.3 is 16.0 Å². The van der Waals surface area contributed by atoms with Crippen molar-refractivity contribution in [3.63, 3.8) is 0 Å². The largest absolute Gasteiger partial charge is 0.360 e. The first-order chi connectivity index (χ1) is 11.0. The summed E-state index contributed by atoms with van der Waals surface area (Å²) < 4.78 is 26.7. The van der Waals surface area contributed by atoms with E-state index in [9.17, 15) is 8.42 Å². The number of halogens is 1. The first kappa shape index (κ1) is 21.1. The van der Waals surface area contributed by atoms with Gasteiger partial charge in [-0.15, -0.1) is 12.4 Å². The lowest BCUT2D eigenvalue weighted by molar-refractivity contribution is 0.579. The number of nitrogens with one attached hydrogen (secondary N) is 4. The van der Waals surface area contributed by atoms with Crippen molar-refractivity contribution in [3.05, 3.63) is 24.3 Å². The van der Waals surface area contributed by atoms with Gasteiger partial charge in [-0.3, -0.25) is 0 Å². The molecular formula is C15H25ClN4O2S2. The second kappa shape index (κ2) is 10.1. The van der Waals surface area contributed by atoms with Crippen LogP contribution in [0.3, 0.4) is 0 Å². The lowest BCUT2D eigenvalue weighted by atomic mass is 10.2. The maximum atomic E-state index is 12.1. The molecular weight excluding hydrogens is 368 g/mol. The molecule has 0 saturated heterocycles. The Labute approximate surface area is 155 Å². The number of sulfonamides is 1. The van der Waals surface area contributed by atoms with Crippen LogP contribution >= 0.6 is 24.6 Å². The summed E-state index contributed by atoms with van der Waals surface area (Å²) in [5.41, 5.74) is 0.773. The van der Waals surface area contributed by atoms with Crippen LogP contribution in [0.2, 0.25) is 0 Å². The number of hydrogen-bond donors (Lipinski definition) is 4. The maximum absolute atomic E-state index is 12.1. The van der Waals surface area contributed by atoms with Crippen LogP contribution < -0.4 is 20.7 Å². The number of benzene rings is 1. The summed E-state index contributed by atoms with van der Waals surface area (Å²) in [6, 6.07) is 7.03. The van der Waals surface area contributed by atoms with Gasteiger partial charge in [0.05, 0.1) is 4.90 Å². The molecule has 0 bridgehead atoms. The molecule has 0 heterocycles. The predicted octanol–water partition coefficient (Wildman–Crippen LogP) is 1.84. The number of rotatable bonds is 7. The van der Waals surface area contributed by atoms with E-state index in [1.165, 1.54) is 12.8 Å². The third kappa shape index (κ3) is 6.52. The van der Waals surface area contributed by atoms with Crippen molar-refractivity contribution in [3.8, 4) is 0 Å². The summed E-state index contributed by atoms with van der Waals surface area (Å²) in [5.74, 6) is 0. The third-order valence-electron chi connectivity index (χ3n) is 3.78. The summed E-state index contributed by atoms with van der Waals surface area (Å²) >= 11 is 5.29. The van der Waals surface area contributed by atoms with Gasteiger partial charge in [-0.25, -0.2) is 13.1 Å². The van der Waals surface area contributed by atoms with E-state index >= 15 is 0 Å². The molecule has 1 aliphatic carbocycles. The molecule has 0 atom stereocenters. The van der Waals surface area contributed by atoms with Crippen LogP contribution in [0.15, 0.2) is 29.2 Å². The van der Waals surface area contributed by atoms with E-state index in [-0.39, 0.29) is 17.3 Å². The van der Waals surface area contributed by atoms with Crippen LogP contribution in [0.1, 0.15) is 25.7 Å². The fourth-order valence-electron chi connectivity index (χ4n) is 2.53. The molecule has 0 amide bonds. The van der Waals surface area contributed by atoms with Gasteiger partial charge in [0.1, 0.15) is 0 Å². The Hall–Kier alpha value is -0.930. The Bertz CT molecular complexity index is 617. The molecule has 1 saturated carbocycles. The van der Waals surface area contributed by atoms with Crippen molar-refractivity contribution in [2.45, 2.75) is 36.6 Å². The minimum Gasteiger partial charge on any atom is -0.360 e. The lowest BCUT2D eigenvalue weighted by Crippen LogP contribution is -2.35. The zero-order valence-electron chi connectivity index (χ0n) is 13.7. The molecule has 1 aliphatic rings. The molecule has 1 aromatic rings. The van der Waals surface area contributed by atoms with Crippen LogP contribution in [0.4, 0.5) is 5.69 Å². The molecule has 0 spiro atoms. The van der Waals surface area contributed by atoms with Crippen molar-refractivity contribution < 1.29 is 8.42 Å². The summed E-state index contributed by atoms with van der Waals surface area (Å²) in [7, 11) is -1.69. The Balaban J connectivity index is 0.00000288. The van der Waals surface area contributed by atoms with E-state index in [1.54, 1.807) is 31.3 Å². The summed E-state index contributed by atoms with van der Waals surface area (Å²) in [5, 5.41) is 9.86. The SMILES string of the molecule is CNCCNS(=O)(=O)c1ccc(NC(=S)NC2CCCC2)cc1.Cl. The molecule has 9 heteroatoms. The van der Waals surface area contributed by atoms with Crippen LogP contribution in [-0.4, -0.2) is 39.7 Å². The van der Waals surface area contributed by atoms with E-state index in [1.807, 2.05) is 0 Å². The molecule has 4 N–H and O–H groups in total. The summed E-state index contributed by atoms with van der Waals surface area (Å²) in [6.07, 6.45) is 4.79. The lowest BCUT2D eigenvalue weighted by Gasteiger charge is -2.16. The fourth-order valence-corrected chi connectivity index (χ4v) is 3.85. The van der Waals surface area contributed by atoms with Gasteiger partial charge in [-0.1, -0.05) is 12.8 Å². The van der Waals surface area contributed by atoms with Crippen molar-refractivity contribution >= 4 is 45.4 Å². The van der Waals surface area contributed by atoms with E-state index < -0.39 is 10.0 Å². The Morgan fingerprint density at radius 2 is 1.79 bits per heavy atom. The minimum absolute atomic E-state index is 0. The van der Waals surface area contributed by atoms with Crippen molar-refractivity contribution in [2.24, 2.45) is 0 Å². The summed E-state index contributed by atoms with van der Waals surface area (Å²) in [4.78, 5) is 0.244. The van der Waals surface area contributed by atoms with Crippen molar-refractivity contribution in [2.75, 3.05) is 25.5 Å². The molecule has 24 heavy (non-hydrogen) atoms. The van der Waals surface area contributed by atoms with Crippen LogP contribution in [0.25, 0.3) is 0 Å². The minimum atomic E-state index is -3.46. The van der Waals surface area contributed by atoms with Crippen LogP contribution in [0, 0.1) is 0 Å². The van der Waals surface area contributed by atoms with Gasteiger partial charge in [-0.2, -0.15) is 0 Å². The van der Waals surface area contributed by atoms with Gasteiger partial charge in [0.15, 0.2) is 5.11 Å². The molecule has 1 fully saturated rings. The van der Waals surface area contributed by atoms with Gasteiger partial charge >= 0.3 is 0 Å². The van der Waals surface area contributed by atoms with Gasteiger partial charge in [0, 0.05) is 24.8 Å². The molecule has 2 rings (SSSR count). The van der Waals surface area contributed by atoms with E-state index in [0.717, 1.165) is 18.5 Å².